The quantitative estimate of drug-likeness (QED) is 0.407. The first-order valence-corrected chi connectivity index (χ1v) is 7.55. The van der Waals surface area contributed by atoms with Gasteiger partial charge in [0.1, 0.15) is 18.1 Å². The van der Waals surface area contributed by atoms with Gasteiger partial charge in [0.15, 0.2) is 6.29 Å². The van der Waals surface area contributed by atoms with Crippen LogP contribution in [0.25, 0.3) is 0 Å². The molecule has 0 fully saturated rings. The van der Waals surface area contributed by atoms with Gasteiger partial charge in [-0.05, 0) is 31.9 Å². The summed E-state index contributed by atoms with van der Waals surface area (Å²) >= 11 is 0. The van der Waals surface area contributed by atoms with Gasteiger partial charge in [-0.2, -0.15) is 0 Å². The summed E-state index contributed by atoms with van der Waals surface area (Å²) in [6.07, 6.45) is 4.93. The Labute approximate surface area is 137 Å². The second-order valence-corrected chi connectivity index (χ2v) is 4.71. The van der Waals surface area contributed by atoms with E-state index in [1.165, 1.54) is 14.2 Å². The zero-order valence-corrected chi connectivity index (χ0v) is 13.9. The normalized spacial score (nSPS) is 11.0. The summed E-state index contributed by atoms with van der Waals surface area (Å²) in [7, 11) is 3.08. The van der Waals surface area contributed by atoms with E-state index in [1.54, 1.807) is 24.3 Å². The predicted molar refractivity (Wildman–Crippen MR) is 87.8 cm³/mol. The van der Waals surface area contributed by atoms with Gasteiger partial charge in [0, 0.05) is 26.8 Å². The lowest BCUT2D eigenvalue weighted by Crippen LogP contribution is -2.27. The lowest BCUT2D eigenvalue weighted by Gasteiger charge is -2.14. The molecule has 1 N–H and O–H groups in total. The van der Waals surface area contributed by atoms with Crippen LogP contribution in [-0.4, -0.2) is 39.8 Å². The molecule has 1 aromatic rings. The second kappa shape index (κ2) is 11.5. The van der Waals surface area contributed by atoms with Gasteiger partial charge in [0.25, 0.3) is 0 Å². The summed E-state index contributed by atoms with van der Waals surface area (Å²) in [6.45, 7) is 2.79. The number of nitrogens with one attached hydrogen (secondary N) is 1. The molecule has 23 heavy (non-hydrogen) atoms. The Kier molecular flexibility index (Phi) is 9.51. The minimum atomic E-state index is -0.478. The number of methoxy groups -OCH3 is 2. The SMILES string of the molecule is C/C=C/CCCNC(=O)Oc1cccc(OCC(OC)OC)c1. The Morgan fingerprint density at radius 3 is 2.70 bits per heavy atom. The molecule has 0 bridgehead atoms. The molecule has 0 aliphatic rings. The molecule has 0 unspecified atom stereocenters. The van der Waals surface area contributed by atoms with E-state index >= 15 is 0 Å². The highest BCUT2D eigenvalue weighted by Crippen LogP contribution is 2.19. The number of rotatable bonds is 10. The molecule has 6 heteroatoms. The van der Waals surface area contributed by atoms with Gasteiger partial charge >= 0.3 is 6.09 Å². The van der Waals surface area contributed by atoms with Crippen LogP contribution < -0.4 is 14.8 Å². The average Bonchev–Trinajstić information content (AvgIpc) is 2.56. The number of benzene rings is 1. The number of allylic oxidation sites excluding steroid dienone is 2. The Balaban J connectivity index is 2.39. The van der Waals surface area contributed by atoms with Crippen molar-refractivity contribution < 1.29 is 23.7 Å². The van der Waals surface area contributed by atoms with Crippen LogP contribution in [-0.2, 0) is 9.47 Å². The lowest BCUT2D eigenvalue weighted by atomic mass is 10.3. The van der Waals surface area contributed by atoms with E-state index < -0.39 is 12.4 Å². The predicted octanol–water partition coefficient (Wildman–Crippen LogP) is 3.13. The van der Waals surface area contributed by atoms with Crippen molar-refractivity contribution in [1.29, 1.82) is 0 Å². The van der Waals surface area contributed by atoms with Gasteiger partial charge in [-0.25, -0.2) is 4.79 Å². The molecule has 6 nitrogen and oxygen atoms in total. The molecule has 0 saturated heterocycles. The molecule has 0 saturated carbocycles. The van der Waals surface area contributed by atoms with Crippen molar-refractivity contribution in [1.82, 2.24) is 5.32 Å². The third-order valence-electron chi connectivity index (χ3n) is 2.98. The number of unbranched alkanes of at least 4 members (excludes halogenated alkanes) is 1. The van der Waals surface area contributed by atoms with Gasteiger partial charge in [-0.15, -0.1) is 0 Å². The molecule has 0 atom stereocenters. The fourth-order valence-corrected chi connectivity index (χ4v) is 1.74. The third-order valence-corrected chi connectivity index (χ3v) is 2.98. The molecule has 0 spiro atoms. The Hall–Kier alpha value is -2.05. The van der Waals surface area contributed by atoms with E-state index in [-0.39, 0.29) is 6.61 Å². The Morgan fingerprint density at radius 1 is 1.26 bits per heavy atom. The molecule has 1 rings (SSSR count). The van der Waals surface area contributed by atoms with E-state index in [1.807, 2.05) is 13.0 Å². The number of carbonyl (C=O) groups is 1. The van der Waals surface area contributed by atoms with Crippen LogP contribution in [0.1, 0.15) is 19.8 Å². The monoisotopic (exact) mass is 323 g/mol. The highest BCUT2D eigenvalue weighted by molar-refractivity contribution is 5.70. The van der Waals surface area contributed by atoms with E-state index in [4.69, 9.17) is 18.9 Å². The fourth-order valence-electron chi connectivity index (χ4n) is 1.74. The highest BCUT2D eigenvalue weighted by atomic mass is 16.7. The first kappa shape index (κ1) is 19.0. The molecule has 128 valence electrons. The standard InChI is InChI=1S/C17H25NO5/c1-4-5-6-7-11-18-17(19)23-15-10-8-9-14(12-15)22-13-16(20-2)21-3/h4-5,8-10,12,16H,6-7,11,13H2,1-3H3,(H,18,19)/b5-4+. The van der Waals surface area contributed by atoms with E-state index in [0.717, 1.165) is 12.8 Å². The molecule has 1 aromatic carbocycles. The molecule has 0 radical (unpaired) electrons. The van der Waals surface area contributed by atoms with Crippen LogP contribution in [0, 0.1) is 0 Å². The molecular weight excluding hydrogens is 298 g/mol. The molecule has 0 heterocycles. The minimum Gasteiger partial charge on any atom is -0.488 e. The topological polar surface area (TPSA) is 66.0 Å². The lowest BCUT2D eigenvalue weighted by molar-refractivity contribution is -0.121. The van der Waals surface area contributed by atoms with Gasteiger partial charge in [0.2, 0.25) is 0 Å². The number of hydrogen-bond donors (Lipinski definition) is 1. The van der Waals surface area contributed by atoms with Gasteiger partial charge in [-0.3, -0.25) is 0 Å². The third kappa shape index (κ3) is 8.23. The summed E-state index contributed by atoms with van der Waals surface area (Å²) in [4.78, 5) is 11.7. The maximum atomic E-state index is 11.7. The van der Waals surface area contributed by atoms with Gasteiger partial charge in [-0.1, -0.05) is 18.2 Å². The van der Waals surface area contributed by atoms with Crippen LogP contribution in [0.4, 0.5) is 4.79 Å². The molecule has 1 amide bonds. The maximum absolute atomic E-state index is 11.7. The first-order valence-electron chi connectivity index (χ1n) is 7.55. The average molecular weight is 323 g/mol. The number of carbonyl (C=O) groups excluding carboxylic acids is 1. The van der Waals surface area contributed by atoms with E-state index in [2.05, 4.69) is 11.4 Å². The van der Waals surface area contributed by atoms with Crippen LogP contribution in [0.2, 0.25) is 0 Å². The van der Waals surface area contributed by atoms with E-state index in [9.17, 15) is 4.79 Å². The van der Waals surface area contributed by atoms with E-state index in [0.29, 0.717) is 18.0 Å². The van der Waals surface area contributed by atoms with Crippen LogP contribution in [0.3, 0.4) is 0 Å². The van der Waals surface area contributed by atoms with Crippen LogP contribution in [0.15, 0.2) is 36.4 Å². The maximum Gasteiger partial charge on any atom is 0.412 e. The number of hydrogen-bond acceptors (Lipinski definition) is 5. The van der Waals surface area contributed by atoms with Crippen molar-refractivity contribution in [2.24, 2.45) is 0 Å². The summed E-state index contributed by atoms with van der Waals surface area (Å²) in [6, 6.07) is 6.85. The first-order chi connectivity index (χ1) is 11.2. The molecule has 0 aromatic heterocycles. The van der Waals surface area contributed by atoms with Crippen LogP contribution in [0.5, 0.6) is 11.5 Å². The smallest absolute Gasteiger partial charge is 0.412 e. The molecule has 0 aliphatic heterocycles. The van der Waals surface area contributed by atoms with Crippen molar-refractivity contribution >= 4 is 6.09 Å². The van der Waals surface area contributed by atoms with Crippen molar-refractivity contribution in [3.05, 3.63) is 36.4 Å². The molecular formula is C17H25NO5. The summed E-state index contributed by atoms with van der Waals surface area (Å²) in [5.74, 6) is 0.988. The Bertz CT molecular complexity index is 486. The zero-order valence-electron chi connectivity index (χ0n) is 13.9. The van der Waals surface area contributed by atoms with Crippen molar-refractivity contribution in [3.8, 4) is 11.5 Å². The molecule has 0 aliphatic carbocycles. The van der Waals surface area contributed by atoms with Gasteiger partial charge < -0.3 is 24.3 Å². The highest BCUT2D eigenvalue weighted by Gasteiger charge is 2.08. The number of ether oxygens (including phenoxy) is 4. The second-order valence-electron chi connectivity index (χ2n) is 4.71. The Morgan fingerprint density at radius 2 is 2.00 bits per heavy atom. The fraction of sp³-hybridized carbons (Fsp3) is 0.471. The van der Waals surface area contributed by atoms with Crippen molar-refractivity contribution in [3.63, 3.8) is 0 Å². The minimum absolute atomic E-state index is 0.244. The largest absolute Gasteiger partial charge is 0.488 e. The van der Waals surface area contributed by atoms with Gasteiger partial charge in [0.05, 0.1) is 0 Å². The summed E-state index contributed by atoms with van der Waals surface area (Å²) in [5, 5.41) is 2.70. The number of amides is 1. The van der Waals surface area contributed by atoms with Crippen LogP contribution >= 0.6 is 0 Å². The van der Waals surface area contributed by atoms with Crippen molar-refractivity contribution in [2.75, 3.05) is 27.4 Å². The summed E-state index contributed by atoms with van der Waals surface area (Å²) in [5.41, 5.74) is 0. The van der Waals surface area contributed by atoms with Crippen molar-refractivity contribution in [2.45, 2.75) is 26.1 Å². The summed E-state index contributed by atoms with van der Waals surface area (Å²) < 4.78 is 20.8. The zero-order chi connectivity index (χ0) is 16.9.